The van der Waals surface area contributed by atoms with Gasteiger partial charge in [0.25, 0.3) is 0 Å². The standard InChI is InChI=1S/C8H14NO2/c1-2-3-4-7(5-6-10)8(9)11/h7H,2-5H2,1H3,(H2,9,11). The van der Waals surface area contributed by atoms with Gasteiger partial charge in [0.05, 0.1) is 0 Å². The molecule has 0 aliphatic heterocycles. The van der Waals surface area contributed by atoms with E-state index in [0.717, 1.165) is 12.8 Å². The molecule has 11 heavy (non-hydrogen) atoms. The molecule has 3 nitrogen and oxygen atoms in total. The minimum Gasteiger partial charge on any atom is -0.369 e. The Labute approximate surface area is 67.0 Å². The summed E-state index contributed by atoms with van der Waals surface area (Å²) >= 11 is 0. The second kappa shape index (κ2) is 5.89. The molecule has 1 atom stereocenters. The summed E-state index contributed by atoms with van der Waals surface area (Å²) in [5.41, 5.74) is 5.05. The zero-order chi connectivity index (χ0) is 8.69. The Bertz CT molecular complexity index is 134. The third kappa shape index (κ3) is 4.53. The van der Waals surface area contributed by atoms with Crippen molar-refractivity contribution in [2.24, 2.45) is 11.7 Å². The van der Waals surface area contributed by atoms with Gasteiger partial charge in [-0.1, -0.05) is 19.8 Å². The van der Waals surface area contributed by atoms with E-state index in [1.54, 1.807) is 6.29 Å². The largest absolute Gasteiger partial charge is 0.369 e. The fourth-order valence-electron chi connectivity index (χ4n) is 0.896. The van der Waals surface area contributed by atoms with Gasteiger partial charge in [-0.25, -0.2) is 0 Å². The van der Waals surface area contributed by atoms with Crippen molar-refractivity contribution in [3.8, 4) is 0 Å². The Hall–Kier alpha value is -0.860. The molecule has 0 aliphatic rings. The van der Waals surface area contributed by atoms with Crippen molar-refractivity contribution < 1.29 is 9.59 Å². The normalized spacial score (nSPS) is 12.5. The van der Waals surface area contributed by atoms with Gasteiger partial charge in [-0.2, -0.15) is 0 Å². The molecule has 0 rings (SSSR count). The van der Waals surface area contributed by atoms with E-state index in [0.29, 0.717) is 6.42 Å². The molecule has 1 unspecified atom stereocenters. The van der Waals surface area contributed by atoms with Crippen molar-refractivity contribution in [1.29, 1.82) is 0 Å². The first kappa shape index (κ1) is 10.1. The Balaban J connectivity index is 3.69. The summed E-state index contributed by atoms with van der Waals surface area (Å²) < 4.78 is 0. The van der Waals surface area contributed by atoms with E-state index in [1.807, 2.05) is 6.92 Å². The molecule has 0 saturated carbocycles. The monoisotopic (exact) mass is 156 g/mol. The van der Waals surface area contributed by atoms with Crippen LogP contribution in [0.4, 0.5) is 0 Å². The quantitative estimate of drug-likeness (QED) is 0.617. The number of carbonyl (C=O) groups is 1. The van der Waals surface area contributed by atoms with Crippen molar-refractivity contribution >= 4 is 12.2 Å². The molecule has 1 radical (unpaired) electrons. The molecular formula is C8H14NO2. The predicted molar refractivity (Wildman–Crippen MR) is 42.5 cm³/mol. The van der Waals surface area contributed by atoms with E-state index in [1.165, 1.54) is 0 Å². The van der Waals surface area contributed by atoms with E-state index in [4.69, 9.17) is 5.73 Å². The van der Waals surface area contributed by atoms with Gasteiger partial charge in [0.1, 0.15) is 0 Å². The second-order valence-corrected chi connectivity index (χ2v) is 2.59. The summed E-state index contributed by atoms with van der Waals surface area (Å²) in [4.78, 5) is 20.6. The van der Waals surface area contributed by atoms with Crippen LogP contribution in [-0.2, 0) is 9.59 Å². The molecule has 0 heterocycles. The smallest absolute Gasteiger partial charge is 0.220 e. The van der Waals surface area contributed by atoms with E-state index in [9.17, 15) is 9.59 Å². The van der Waals surface area contributed by atoms with Crippen LogP contribution in [0, 0.1) is 5.92 Å². The fraction of sp³-hybridized carbons (Fsp3) is 0.750. The van der Waals surface area contributed by atoms with Crippen LogP contribution in [0.15, 0.2) is 0 Å². The highest BCUT2D eigenvalue weighted by Crippen LogP contribution is 2.10. The lowest BCUT2D eigenvalue weighted by Gasteiger charge is -2.07. The van der Waals surface area contributed by atoms with Gasteiger partial charge in [-0.15, -0.1) is 0 Å². The summed E-state index contributed by atoms with van der Waals surface area (Å²) in [7, 11) is 0. The average molecular weight is 156 g/mol. The van der Waals surface area contributed by atoms with Crippen LogP contribution in [0.5, 0.6) is 0 Å². The molecule has 63 valence electrons. The molecule has 0 aliphatic carbocycles. The average Bonchev–Trinajstić information content (AvgIpc) is 1.97. The molecule has 0 fully saturated rings. The number of hydrogen-bond acceptors (Lipinski definition) is 2. The molecule has 3 heteroatoms. The molecule has 2 N–H and O–H groups in total. The van der Waals surface area contributed by atoms with Gasteiger partial charge >= 0.3 is 0 Å². The maximum absolute atomic E-state index is 10.6. The summed E-state index contributed by atoms with van der Waals surface area (Å²) in [6, 6.07) is 0. The first-order valence-electron chi connectivity index (χ1n) is 3.86. The number of amides is 1. The van der Waals surface area contributed by atoms with Crippen LogP contribution in [0.1, 0.15) is 32.6 Å². The van der Waals surface area contributed by atoms with Gasteiger partial charge in [0.2, 0.25) is 5.91 Å². The van der Waals surface area contributed by atoms with Gasteiger partial charge in [0, 0.05) is 12.3 Å². The third-order valence-corrected chi connectivity index (χ3v) is 1.64. The van der Waals surface area contributed by atoms with Gasteiger partial charge in [0.15, 0.2) is 6.29 Å². The van der Waals surface area contributed by atoms with Crippen LogP contribution < -0.4 is 5.73 Å². The number of unbranched alkanes of at least 4 members (excludes halogenated alkanes) is 1. The van der Waals surface area contributed by atoms with Crippen LogP contribution >= 0.6 is 0 Å². The molecule has 0 aromatic rings. The molecule has 1 amide bonds. The SMILES string of the molecule is CCCCC(C[C]=O)C(N)=O. The van der Waals surface area contributed by atoms with Crippen molar-refractivity contribution in [1.82, 2.24) is 0 Å². The number of rotatable bonds is 6. The fourth-order valence-corrected chi connectivity index (χ4v) is 0.896. The van der Waals surface area contributed by atoms with Crippen LogP contribution in [0.2, 0.25) is 0 Å². The number of carbonyl (C=O) groups excluding carboxylic acids is 2. The highest BCUT2D eigenvalue weighted by Gasteiger charge is 2.13. The summed E-state index contributed by atoms with van der Waals surface area (Å²) in [5, 5.41) is 0. The zero-order valence-electron chi connectivity index (χ0n) is 6.80. The topological polar surface area (TPSA) is 60.2 Å². The van der Waals surface area contributed by atoms with Gasteiger partial charge < -0.3 is 5.73 Å². The Morgan fingerprint density at radius 1 is 1.64 bits per heavy atom. The summed E-state index contributed by atoms with van der Waals surface area (Å²) in [6.07, 6.45) is 4.52. The van der Waals surface area contributed by atoms with Crippen LogP contribution in [0.3, 0.4) is 0 Å². The lowest BCUT2D eigenvalue weighted by molar-refractivity contribution is -0.121. The molecular weight excluding hydrogens is 142 g/mol. The van der Waals surface area contributed by atoms with E-state index in [2.05, 4.69) is 0 Å². The molecule has 0 aromatic carbocycles. The maximum Gasteiger partial charge on any atom is 0.220 e. The molecule has 0 aromatic heterocycles. The lowest BCUT2D eigenvalue weighted by Crippen LogP contribution is -2.23. The van der Waals surface area contributed by atoms with Gasteiger partial charge in [-0.3, -0.25) is 9.59 Å². The van der Waals surface area contributed by atoms with Crippen LogP contribution in [-0.4, -0.2) is 12.2 Å². The first-order valence-corrected chi connectivity index (χ1v) is 3.86. The lowest BCUT2D eigenvalue weighted by atomic mass is 9.99. The zero-order valence-corrected chi connectivity index (χ0v) is 6.80. The van der Waals surface area contributed by atoms with E-state index >= 15 is 0 Å². The Morgan fingerprint density at radius 2 is 2.27 bits per heavy atom. The number of hydrogen-bond donors (Lipinski definition) is 1. The third-order valence-electron chi connectivity index (χ3n) is 1.64. The summed E-state index contributed by atoms with van der Waals surface area (Å²) in [5.74, 6) is -0.686. The van der Waals surface area contributed by atoms with Crippen molar-refractivity contribution in [3.05, 3.63) is 0 Å². The molecule has 0 bridgehead atoms. The van der Waals surface area contributed by atoms with Crippen molar-refractivity contribution in [2.75, 3.05) is 0 Å². The number of primary amides is 1. The van der Waals surface area contributed by atoms with Crippen molar-refractivity contribution in [2.45, 2.75) is 32.6 Å². The van der Waals surface area contributed by atoms with Gasteiger partial charge in [-0.05, 0) is 6.42 Å². The Morgan fingerprint density at radius 3 is 2.64 bits per heavy atom. The van der Waals surface area contributed by atoms with Crippen molar-refractivity contribution in [3.63, 3.8) is 0 Å². The summed E-state index contributed by atoms with van der Waals surface area (Å²) in [6.45, 7) is 2.03. The minimum absolute atomic E-state index is 0.148. The highest BCUT2D eigenvalue weighted by molar-refractivity contribution is 5.79. The highest BCUT2D eigenvalue weighted by atomic mass is 16.1. The first-order chi connectivity index (χ1) is 5.22. The van der Waals surface area contributed by atoms with E-state index < -0.39 is 0 Å². The number of nitrogens with two attached hydrogens (primary N) is 1. The Kier molecular flexibility index (Phi) is 5.43. The van der Waals surface area contributed by atoms with E-state index in [-0.39, 0.29) is 18.2 Å². The predicted octanol–water partition coefficient (Wildman–Crippen LogP) is 0.778. The molecule has 0 spiro atoms. The second-order valence-electron chi connectivity index (χ2n) is 2.59. The van der Waals surface area contributed by atoms with Crippen LogP contribution in [0.25, 0.3) is 0 Å². The minimum atomic E-state index is -0.387. The maximum atomic E-state index is 10.6. The molecule has 0 saturated heterocycles.